The van der Waals surface area contributed by atoms with Crippen LogP contribution in [0.5, 0.6) is 0 Å². The van der Waals surface area contributed by atoms with Crippen LogP contribution in [0.4, 0.5) is 0 Å². The first-order chi connectivity index (χ1) is 7.74. The summed E-state index contributed by atoms with van der Waals surface area (Å²) in [7, 11) is 0. The van der Waals surface area contributed by atoms with E-state index in [2.05, 4.69) is 27.7 Å². The smallest absolute Gasteiger partial charge is 0.335 e. The molecule has 102 valence electrons. The number of carboxylic acid groups (broad SMARTS) is 1. The lowest BCUT2D eigenvalue weighted by Crippen LogP contribution is -2.46. The third-order valence-corrected chi connectivity index (χ3v) is 3.19. The predicted octanol–water partition coefficient (Wildman–Crippen LogP) is 3.31. The Morgan fingerprint density at radius 2 is 1.53 bits per heavy atom. The molecule has 0 rings (SSSR count). The van der Waals surface area contributed by atoms with Gasteiger partial charge in [-0.25, -0.2) is 4.79 Å². The number of hydrogen-bond acceptors (Lipinski definition) is 2. The molecule has 0 aliphatic rings. The van der Waals surface area contributed by atoms with Crippen molar-refractivity contribution in [2.45, 2.75) is 65.9 Å². The molecular formula is C14H28O3. The summed E-state index contributed by atoms with van der Waals surface area (Å²) in [5, 5.41) is 19.8. The summed E-state index contributed by atoms with van der Waals surface area (Å²) < 4.78 is 0. The molecule has 0 saturated carbocycles. The maximum Gasteiger partial charge on any atom is 0.335 e. The Kier molecular flexibility index (Phi) is 6.76. The van der Waals surface area contributed by atoms with Crippen molar-refractivity contribution in [3.63, 3.8) is 0 Å². The van der Waals surface area contributed by atoms with Gasteiger partial charge in [0.2, 0.25) is 0 Å². The van der Waals surface area contributed by atoms with Crippen LogP contribution in [0.3, 0.4) is 0 Å². The summed E-state index contributed by atoms with van der Waals surface area (Å²) in [4.78, 5) is 11.4. The summed E-state index contributed by atoms with van der Waals surface area (Å²) >= 11 is 0. The van der Waals surface area contributed by atoms with Crippen LogP contribution in [0.25, 0.3) is 0 Å². The van der Waals surface area contributed by atoms with Gasteiger partial charge in [-0.2, -0.15) is 0 Å². The van der Waals surface area contributed by atoms with Crippen LogP contribution in [0, 0.1) is 17.8 Å². The normalized spacial score (nSPS) is 15.6. The van der Waals surface area contributed by atoms with E-state index in [1.165, 1.54) is 0 Å². The van der Waals surface area contributed by atoms with E-state index in [0.717, 1.165) is 12.8 Å². The van der Waals surface area contributed by atoms with E-state index in [1.54, 1.807) is 0 Å². The zero-order chi connectivity index (χ0) is 13.6. The number of aliphatic carboxylic acids is 1. The monoisotopic (exact) mass is 244 g/mol. The predicted molar refractivity (Wildman–Crippen MR) is 69.9 cm³/mol. The van der Waals surface area contributed by atoms with Crippen LogP contribution in [-0.4, -0.2) is 21.8 Å². The van der Waals surface area contributed by atoms with Crippen molar-refractivity contribution in [2.24, 2.45) is 17.8 Å². The van der Waals surface area contributed by atoms with E-state index in [0.29, 0.717) is 24.7 Å². The van der Waals surface area contributed by atoms with Gasteiger partial charge >= 0.3 is 5.97 Å². The number of carbonyl (C=O) groups is 1. The van der Waals surface area contributed by atoms with E-state index < -0.39 is 11.6 Å². The highest BCUT2D eigenvalue weighted by Gasteiger charge is 2.43. The standard InChI is InChI=1S/C14H28O3/c1-6-7-14(17,13(15)16)12(8-10(2)3)9-11(4)5/h10-12,17H,6-9H2,1-5H3,(H,15,16). The van der Waals surface area contributed by atoms with Gasteiger partial charge in [-0.1, -0.05) is 41.0 Å². The van der Waals surface area contributed by atoms with Gasteiger partial charge in [-0.15, -0.1) is 0 Å². The van der Waals surface area contributed by atoms with E-state index in [-0.39, 0.29) is 5.92 Å². The fourth-order valence-electron chi connectivity index (χ4n) is 2.49. The fraction of sp³-hybridized carbons (Fsp3) is 0.929. The molecule has 2 N–H and O–H groups in total. The van der Waals surface area contributed by atoms with Gasteiger partial charge in [-0.05, 0) is 37.0 Å². The molecule has 0 heterocycles. The average Bonchev–Trinajstić information content (AvgIpc) is 2.15. The van der Waals surface area contributed by atoms with Gasteiger partial charge in [0.1, 0.15) is 0 Å². The molecule has 3 heteroatoms. The number of aliphatic hydroxyl groups is 1. The number of carboxylic acids is 1. The molecule has 0 fully saturated rings. The molecule has 0 aliphatic carbocycles. The lowest BCUT2D eigenvalue weighted by molar-refractivity contribution is -0.167. The molecule has 0 bridgehead atoms. The van der Waals surface area contributed by atoms with Crippen molar-refractivity contribution in [3.05, 3.63) is 0 Å². The average molecular weight is 244 g/mol. The topological polar surface area (TPSA) is 57.5 Å². The second-order valence-electron chi connectivity index (χ2n) is 5.94. The Labute approximate surface area is 105 Å². The van der Waals surface area contributed by atoms with E-state index in [1.807, 2.05) is 6.92 Å². The van der Waals surface area contributed by atoms with Crippen molar-refractivity contribution in [1.82, 2.24) is 0 Å². The second-order valence-corrected chi connectivity index (χ2v) is 5.94. The van der Waals surface area contributed by atoms with Crippen LogP contribution in [-0.2, 0) is 4.79 Å². The maximum atomic E-state index is 11.4. The minimum atomic E-state index is -1.55. The molecular weight excluding hydrogens is 216 g/mol. The van der Waals surface area contributed by atoms with Crippen molar-refractivity contribution in [3.8, 4) is 0 Å². The lowest BCUT2D eigenvalue weighted by atomic mass is 9.75. The number of hydrogen-bond donors (Lipinski definition) is 2. The molecule has 0 amide bonds. The van der Waals surface area contributed by atoms with Gasteiger partial charge in [0.15, 0.2) is 5.60 Å². The molecule has 0 aliphatic heterocycles. The zero-order valence-corrected chi connectivity index (χ0v) is 11.9. The molecule has 17 heavy (non-hydrogen) atoms. The molecule has 0 aromatic rings. The Balaban J connectivity index is 4.98. The Morgan fingerprint density at radius 1 is 1.12 bits per heavy atom. The first kappa shape index (κ1) is 16.4. The van der Waals surface area contributed by atoms with Gasteiger partial charge in [-0.3, -0.25) is 0 Å². The molecule has 3 nitrogen and oxygen atoms in total. The molecule has 1 atom stereocenters. The third-order valence-electron chi connectivity index (χ3n) is 3.19. The van der Waals surface area contributed by atoms with Crippen LogP contribution in [0.2, 0.25) is 0 Å². The molecule has 0 saturated heterocycles. The van der Waals surface area contributed by atoms with Crippen LogP contribution >= 0.6 is 0 Å². The van der Waals surface area contributed by atoms with Crippen LogP contribution < -0.4 is 0 Å². The largest absolute Gasteiger partial charge is 0.479 e. The van der Waals surface area contributed by atoms with E-state index in [4.69, 9.17) is 0 Å². The highest BCUT2D eigenvalue weighted by Crippen LogP contribution is 2.34. The Morgan fingerprint density at radius 3 is 1.76 bits per heavy atom. The maximum absolute atomic E-state index is 11.4. The summed E-state index contributed by atoms with van der Waals surface area (Å²) in [6.45, 7) is 10.2. The summed E-state index contributed by atoms with van der Waals surface area (Å²) in [6.07, 6.45) is 2.56. The van der Waals surface area contributed by atoms with Crippen LogP contribution in [0.1, 0.15) is 60.3 Å². The van der Waals surface area contributed by atoms with Gasteiger partial charge < -0.3 is 10.2 Å². The summed E-state index contributed by atoms with van der Waals surface area (Å²) in [6, 6.07) is 0. The third kappa shape index (κ3) is 5.07. The molecule has 0 spiro atoms. The minimum absolute atomic E-state index is 0.153. The van der Waals surface area contributed by atoms with Gasteiger partial charge in [0.25, 0.3) is 0 Å². The quantitative estimate of drug-likeness (QED) is 0.688. The van der Waals surface area contributed by atoms with E-state index in [9.17, 15) is 15.0 Å². The summed E-state index contributed by atoms with van der Waals surface area (Å²) in [5.74, 6) is -0.409. The molecule has 0 aromatic heterocycles. The first-order valence-electron chi connectivity index (χ1n) is 6.69. The van der Waals surface area contributed by atoms with E-state index >= 15 is 0 Å². The van der Waals surface area contributed by atoms with Crippen LogP contribution in [0.15, 0.2) is 0 Å². The van der Waals surface area contributed by atoms with Crippen molar-refractivity contribution < 1.29 is 15.0 Å². The minimum Gasteiger partial charge on any atom is -0.479 e. The lowest BCUT2D eigenvalue weighted by Gasteiger charge is -2.34. The second kappa shape index (κ2) is 7.00. The Hall–Kier alpha value is -0.570. The highest BCUT2D eigenvalue weighted by atomic mass is 16.4. The highest BCUT2D eigenvalue weighted by molar-refractivity contribution is 5.77. The van der Waals surface area contributed by atoms with Crippen molar-refractivity contribution in [1.29, 1.82) is 0 Å². The Bertz CT molecular complexity index is 226. The SMILES string of the molecule is CCCC(O)(C(=O)O)C(CC(C)C)CC(C)C. The van der Waals surface area contributed by atoms with Crippen molar-refractivity contribution in [2.75, 3.05) is 0 Å². The molecule has 1 unspecified atom stereocenters. The molecule has 0 radical (unpaired) electrons. The zero-order valence-electron chi connectivity index (χ0n) is 11.9. The number of rotatable bonds is 8. The molecule has 0 aromatic carbocycles. The fourth-order valence-corrected chi connectivity index (χ4v) is 2.49. The van der Waals surface area contributed by atoms with Gasteiger partial charge in [0.05, 0.1) is 0 Å². The summed E-state index contributed by atoms with van der Waals surface area (Å²) in [5.41, 5.74) is -1.55. The first-order valence-corrected chi connectivity index (χ1v) is 6.69. The van der Waals surface area contributed by atoms with Gasteiger partial charge in [0, 0.05) is 0 Å². The van der Waals surface area contributed by atoms with Crippen molar-refractivity contribution >= 4 is 5.97 Å².